The molecule has 18 heavy (non-hydrogen) atoms. The van der Waals surface area contributed by atoms with Crippen molar-refractivity contribution in [1.29, 1.82) is 0 Å². The number of hydrogen-bond donors (Lipinski definition) is 1. The first-order valence-corrected chi connectivity index (χ1v) is 6.66. The first kappa shape index (κ1) is 15.0. The summed E-state index contributed by atoms with van der Waals surface area (Å²) in [5, 5.41) is 0. The highest BCUT2D eigenvalue weighted by molar-refractivity contribution is 5.80. The summed E-state index contributed by atoms with van der Waals surface area (Å²) in [5.41, 5.74) is 6.83. The molecule has 2 N–H and O–H groups in total. The van der Waals surface area contributed by atoms with Crippen molar-refractivity contribution in [3.8, 4) is 0 Å². The van der Waals surface area contributed by atoms with Crippen molar-refractivity contribution in [3.05, 3.63) is 24.2 Å². The fourth-order valence-electron chi connectivity index (χ4n) is 2.26. The molecule has 1 aromatic rings. The lowest BCUT2D eigenvalue weighted by atomic mass is 9.76. The predicted octanol–water partition coefficient (Wildman–Crippen LogP) is 3.18. The second-order valence-electron chi connectivity index (χ2n) is 6.03. The highest BCUT2D eigenvalue weighted by Gasteiger charge is 2.24. The summed E-state index contributed by atoms with van der Waals surface area (Å²) in [6, 6.07) is 1.85. The fourth-order valence-corrected chi connectivity index (χ4v) is 2.26. The number of rotatable bonds is 7. The monoisotopic (exact) mass is 251 g/mol. The van der Waals surface area contributed by atoms with Crippen LogP contribution < -0.4 is 5.73 Å². The number of ketones is 1. The van der Waals surface area contributed by atoms with E-state index in [-0.39, 0.29) is 11.2 Å². The van der Waals surface area contributed by atoms with Crippen LogP contribution in [-0.2, 0) is 11.2 Å². The molecule has 0 radical (unpaired) electrons. The molecule has 0 saturated carbocycles. The lowest BCUT2D eigenvalue weighted by Gasteiger charge is -2.30. The van der Waals surface area contributed by atoms with Gasteiger partial charge in [0.1, 0.15) is 5.78 Å². The van der Waals surface area contributed by atoms with E-state index in [9.17, 15) is 4.79 Å². The Morgan fingerprint density at radius 1 is 1.39 bits per heavy atom. The van der Waals surface area contributed by atoms with Crippen molar-refractivity contribution in [2.45, 2.75) is 46.5 Å². The number of Topliss-reactive ketones (excluding diaryl/α,β-unsaturated/α-hetero) is 1. The van der Waals surface area contributed by atoms with Crippen molar-refractivity contribution in [2.75, 3.05) is 6.54 Å². The van der Waals surface area contributed by atoms with Crippen LogP contribution in [0.4, 0.5) is 0 Å². The van der Waals surface area contributed by atoms with E-state index in [0.717, 1.165) is 18.4 Å². The van der Waals surface area contributed by atoms with Gasteiger partial charge < -0.3 is 10.2 Å². The van der Waals surface area contributed by atoms with E-state index in [0.29, 0.717) is 25.3 Å². The Balaban J connectivity index is 2.40. The molecule has 1 aromatic heterocycles. The molecule has 0 amide bonds. The molecule has 0 aliphatic carbocycles. The van der Waals surface area contributed by atoms with Gasteiger partial charge in [0.05, 0.1) is 12.5 Å². The maximum absolute atomic E-state index is 11.9. The van der Waals surface area contributed by atoms with Crippen LogP contribution in [0.2, 0.25) is 0 Å². The van der Waals surface area contributed by atoms with Gasteiger partial charge >= 0.3 is 0 Å². The summed E-state index contributed by atoms with van der Waals surface area (Å²) in [7, 11) is 0. The summed E-state index contributed by atoms with van der Waals surface area (Å²) in [6.07, 6.45) is 6.27. The first-order valence-electron chi connectivity index (χ1n) is 6.66. The Bertz CT molecular complexity index is 349. The third-order valence-electron chi connectivity index (χ3n) is 3.49. The van der Waals surface area contributed by atoms with Crippen LogP contribution in [0.15, 0.2) is 23.0 Å². The number of hydrogen-bond acceptors (Lipinski definition) is 3. The molecule has 0 aliphatic rings. The summed E-state index contributed by atoms with van der Waals surface area (Å²) in [6.45, 7) is 7.34. The zero-order chi connectivity index (χ0) is 13.6. The Labute approximate surface area is 110 Å². The van der Waals surface area contributed by atoms with E-state index in [1.165, 1.54) is 0 Å². The summed E-state index contributed by atoms with van der Waals surface area (Å²) >= 11 is 0. The number of carbonyl (C=O) groups excluding carboxylic acids is 1. The van der Waals surface area contributed by atoms with E-state index in [1.807, 2.05) is 6.07 Å². The van der Waals surface area contributed by atoms with Gasteiger partial charge in [-0.1, -0.05) is 20.8 Å². The topological polar surface area (TPSA) is 56.2 Å². The summed E-state index contributed by atoms with van der Waals surface area (Å²) < 4.78 is 4.97. The van der Waals surface area contributed by atoms with E-state index < -0.39 is 0 Å². The molecule has 1 heterocycles. The lowest BCUT2D eigenvalue weighted by molar-refractivity contribution is -0.118. The van der Waals surface area contributed by atoms with E-state index >= 15 is 0 Å². The molecule has 0 aliphatic heterocycles. The minimum atomic E-state index is 0.218. The van der Waals surface area contributed by atoms with Gasteiger partial charge in [-0.15, -0.1) is 0 Å². The van der Waals surface area contributed by atoms with Crippen molar-refractivity contribution in [2.24, 2.45) is 17.1 Å². The van der Waals surface area contributed by atoms with Crippen LogP contribution in [0.1, 0.15) is 45.6 Å². The Morgan fingerprint density at radius 3 is 2.61 bits per heavy atom. The molecule has 0 bridgehead atoms. The molecule has 0 fully saturated rings. The third-order valence-corrected chi connectivity index (χ3v) is 3.49. The standard InChI is InChI=1S/C15H25NO2/c1-15(2,3)13(6-8-16)4-5-14(17)10-12-7-9-18-11-12/h7,9,11,13H,4-6,8,10,16H2,1-3H3. The molecule has 102 valence electrons. The van der Waals surface area contributed by atoms with Crippen LogP contribution in [0.25, 0.3) is 0 Å². The molecule has 0 aromatic carbocycles. The molecule has 3 heteroatoms. The van der Waals surface area contributed by atoms with Crippen molar-refractivity contribution in [3.63, 3.8) is 0 Å². The van der Waals surface area contributed by atoms with Crippen molar-refractivity contribution < 1.29 is 9.21 Å². The van der Waals surface area contributed by atoms with Gasteiger partial charge in [-0.25, -0.2) is 0 Å². The Hall–Kier alpha value is -1.09. The molecular weight excluding hydrogens is 226 g/mol. The van der Waals surface area contributed by atoms with Crippen LogP contribution >= 0.6 is 0 Å². The minimum absolute atomic E-state index is 0.218. The maximum Gasteiger partial charge on any atom is 0.137 e. The van der Waals surface area contributed by atoms with E-state index in [1.54, 1.807) is 12.5 Å². The Kier molecular flexibility index (Phi) is 5.60. The number of furan rings is 1. The molecule has 0 saturated heterocycles. The average molecular weight is 251 g/mol. The summed E-state index contributed by atoms with van der Waals surface area (Å²) in [4.78, 5) is 11.9. The van der Waals surface area contributed by atoms with Gasteiger partial charge in [0.25, 0.3) is 0 Å². The predicted molar refractivity (Wildman–Crippen MR) is 73.3 cm³/mol. The van der Waals surface area contributed by atoms with Crippen LogP contribution in [0.5, 0.6) is 0 Å². The van der Waals surface area contributed by atoms with Crippen LogP contribution in [0.3, 0.4) is 0 Å². The second-order valence-corrected chi connectivity index (χ2v) is 6.03. The van der Waals surface area contributed by atoms with Gasteiger partial charge in [0, 0.05) is 12.8 Å². The molecule has 0 spiro atoms. The molecule has 3 nitrogen and oxygen atoms in total. The Morgan fingerprint density at radius 2 is 2.11 bits per heavy atom. The molecule has 1 atom stereocenters. The number of nitrogens with two attached hydrogens (primary N) is 1. The normalized spacial score (nSPS) is 13.6. The SMILES string of the molecule is CC(C)(C)C(CCN)CCC(=O)Cc1ccoc1. The minimum Gasteiger partial charge on any atom is -0.472 e. The quantitative estimate of drug-likeness (QED) is 0.809. The van der Waals surface area contributed by atoms with Gasteiger partial charge in [-0.3, -0.25) is 4.79 Å². The van der Waals surface area contributed by atoms with Crippen LogP contribution in [0, 0.1) is 11.3 Å². The third kappa shape index (κ3) is 5.05. The largest absolute Gasteiger partial charge is 0.472 e. The first-order chi connectivity index (χ1) is 8.43. The highest BCUT2D eigenvalue weighted by atomic mass is 16.3. The van der Waals surface area contributed by atoms with Crippen LogP contribution in [-0.4, -0.2) is 12.3 Å². The zero-order valence-corrected chi connectivity index (χ0v) is 11.7. The molecular formula is C15H25NO2. The summed E-state index contributed by atoms with van der Waals surface area (Å²) in [5.74, 6) is 0.790. The highest BCUT2D eigenvalue weighted by Crippen LogP contribution is 2.32. The lowest BCUT2D eigenvalue weighted by Crippen LogP contribution is -2.24. The van der Waals surface area contributed by atoms with Gasteiger partial charge in [-0.05, 0) is 42.3 Å². The average Bonchev–Trinajstić information content (AvgIpc) is 2.75. The maximum atomic E-state index is 11.9. The fraction of sp³-hybridized carbons (Fsp3) is 0.667. The van der Waals surface area contributed by atoms with Gasteiger partial charge in [-0.2, -0.15) is 0 Å². The smallest absolute Gasteiger partial charge is 0.137 e. The zero-order valence-electron chi connectivity index (χ0n) is 11.7. The molecule has 1 rings (SSSR count). The van der Waals surface area contributed by atoms with Gasteiger partial charge in [0.2, 0.25) is 0 Å². The van der Waals surface area contributed by atoms with E-state index in [2.05, 4.69) is 20.8 Å². The second kappa shape index (κ2) is 6.74. The van der Waals surface area contributed by atoms with Crippen molar-refractivity contribution >= 4 is 5.78 Å². The molecule has 1 unspecified atom stereocenters. The van der Waals surface area contributed by atoms with E-state index in [4.69, 9.17) is 10.2 Å². The number of carbonyl (C=O) groups is 1. The van der Waals surface area contributed by atoms with Gasteiger partial charge in [0.15, 0.2) is 0 Å². The van der Waals surface area contributed by atoms with Crippen molar-refractivity contribution in [1.82, 2.24) is 0 Å².